The lowest BCUT2D eigenvalue weighted by Crippen LogP contribution is -2.44. The van der Waals surface area contributed by atoms with Crippen LogP contribution in [0.2, 0.25) is 0 Å². The number of hydrogen-bond acceptors (Lipinski definition) is 3. The normalized spacial score (nSPS) is 16.2. The lowest BCUT2D eigenvalue weighted by Gasteiger charge is -2.36. The van der Waals surface area contributed by atoms with Crippen molar-refractivity contribution >= 4 is 5.91 Å². The first-order chi connectivity index (χ1) is 13.0. The molecule has 2 aromatic rings. The minimum Gasteiger partial charge on any atom is -0.341 e. The van der Waals surface area contributed by atoms with E-state index in [2.05, 4.69) is 31.2 Å². The largest absolute Gasteiger partial charge is 0.341 e. The zero-order valence-corrected chi connectivity index (χ0v) is 16.4. The summed E-state index contributed by atoms with van der Waals surface area (Å²) in [4.78, 5) is 17.2. The summed E-state index contributed by atoms with van der Waals surface area (Å²) in [6.45, 7) is 3.58. The van der Waals surface area contributed by atoms with Crippen molar-refractivity contribution < 1.29 is 4.79 Å². The Morgan fingerprint density at radius 2 is 1.85 bits per heavy atom. The predicted octanol–water partition coefficient (Wildman–Crippen LogP) is 3.88. The zero-order valence-electron chi connectivity index (χ0n) is 16.4. The van der Waals surface area contributed by atoms with E-state index >= 15 is 0 Å². The van der Waals surface area contributed by atoms with E-state index in [1.165, 1.54) is 11.1 Å². The highest BCUT2D eigenvalue weighted by molar-refractivity contribution is 5.83. The molecule has 0 N–H and O–H groups in total. The predicted molar refractivity (Wildman–Crippen MR) is 107 cm³/mol. The highest BCUT2D eigenvalue weighted by atomic mass is 16.2. The van der Waals surface area contributed by atoms with Gasteiger partial charge in [-0.2, -0.15) is 5.26 Å². The van der Waals surface area contributed by atoms with Gasteiger partial charge in [0, 0.05) is 13.1 Å². The topological polar surface area (TPSA) is 47.3 Å². The van der Waals surface area contributed by atoms with E-state index in [9.17, 15) is 4.79 Å². The summed E-state index contributed by atoms with van der Waals surface area (Å²) < 4.78 is 0. The molecule has 1 saturated heterocycles. The van der Waals surface area contributed by atoms with Crippen molar-refractivity contribution in [2.45, 2.75) is 31.7 Å². The molecule has 1 unspecified atom stereocenters. The molecule has 0 radical (unpaired) electrons. The average Bonchev–Trinajstić information content (AvgIpc) is 2.68. The molecule has 0 bridgehead atoms. The van der Waals surface area contributed by atoms with Crippen LogP contribution < -0.4 is 0 Å². The molecule has 0 aromatic heterocycles. The van der Waals surface area contributed by atoms with E-state index in [0.29, 0.717) is 11.5 Å². The second kappa shape index (κ2) is 8.37. The van der Waals surface area contributed by atoms with Crippen molar-refractivity contribution in [1.29, 1.82) is 5.26 Å². The third kappa shape index (κ3) is 4.37. The Labute approximate surface area is 162 Å². The number of benzene rings is 2. The molecule has 1 fully saturated rings. The number of likely N-dealkylation sites (N-methyl/N-ethyl adjacent to an activating group) is 1. The molecule has 1 heterocycles. The van der Waals surface area contributed by atoms with E-state index in [1.807, 2.05) is 54.2 Å². The Kier molecular flexibility index (Phi) is 5.93. The quantitative estimate of drug-likeness (QED) is 0.830. The Morgan fingerprint density at radius 1 is 1.15 bits per heavy atom. The van der Waals surface area contributed by atoms with E-state index in [-0.39, 0.29) is 11.9 Å². The summed E-state index contributed by atoms with van der Waals surface area (Å²) in [7, 11) is 3.93. The minimum absolute atomic E-state index is 0.176. The van der Waals surface area contributed by atoms with Gasteiger partial charge in [-0.3, -0.25) is 9.69 Å². The summed E-state index contributed by atoms with van der Waals surface area (Å²) >= 11 is 0. The number of nitriles is 1. The van der Waals surface area contributed by atoms with Gasteiger partial charge >= 0.3 is 0 Å². The maximum absolute atomic E-state index is 13.2. The molecule has 27 heavy (non-hydrogen) atoms. The second-order valence-electron chi connectivity index (χ2n) is 7.62. The van der Waals surface area contributed by atoms with Crippen LogP contribution >= 0.6 is 0 Å². The van der Waals surface area contributed by atoms with Crippen LogP contribution in [0.25, 0.3) is 0 Å². The van der Waals surface area contributed by atoms with Gasteiger partial charge in [0.25, 0.3) is 0 Å². The maximum Gasteiger partial charge on any atom is 0.244 e. The van der Waals surface area contributed by atoms with Gasteiger partial charge < -0.3 is 4.90 Å². The lowest BCUT2D eigenvalue weighted by atomic mass is 9.88. The molecule has 0 saturated carbocycles. The Bertz CT molecular complexity index is 845. The molecule has 0 spiro atoms. The van der Waals surface area contributed by atoms with Gasteiger partial charge in [-0.15, -0.1) is 0 Å². The molecule has 1 aliphatic rings. The molecule has 1 atom stereocenters. The summed E-state index contributed by atoms with van der Waals surface area (Å²) in [5.74, 6) is 0.592. The molecule has 0 aliphatic carbocycles. The number of carbonyl (C=O) groups excluding carboxylic acids is 1. The number of piperidine rings is 1. The van der Waals surface area contributed by atoms with E-state index in [4.69, 9.17) is 5.26 Å². The van der Waals surface area contributed by atoms with Gasteiger partial charge in [0.15, 0.2) is 0 Å². The summed E-state index contributed by atoms with van der Waals surface area (Å²) in [5, 5.41) is 9.11. The van der Waals surface area contributed by atoms with E-state index in [1.54, 1.807) is 0 Å². The molecule has 3 rings (SSSR count). The Morgan fingerprint density at radius 3 is 2.48 bits per heavy atom. The van der Waals surface area contributed by atoms with Crippen LogP contribution in [0.15, 0.2) is 48.5 Å². The first-order valence-electron chi connectivity index (χ1n) is 9.51. The standard InChI is InChI=1S/C23H27N3O/c1-17-6-4-9-21(14-17)22(25(2)3)23(27)26-12-10-19(11-13-26)20-8-5-7-18(15-20)16-24/h4-9,14-15,19,22H,10-13H2,1-3H3. The van der Waals surface area contributed by atoms with Gasteiger partial charge in [-0.25, -0.2) is 0 Å². The third-order valence-electron chi connectivity index (χ3n) is 5.40. The summed E-state index contributed by atoms with van der Waals surface area (Å²) in [6, 6.07) is 18.0. The monoisotopic (exact) mass is 361 g/mol. The molecule has 1 aliphatic heterocycles. The van der Waals surface area contributed by atoms with E-state index < -0.39 is 0 Å². The number of hydrogen-bond donors (Lipinski definition) is 0. The fourth-order valence-electron chi connectivity index (χ4n) is 3.97. The smallest absolute Gasteiger partial charge is 0.244 e. The number of rotatable bonds is 4. The number of amides is 1. The van der Waals surface area contributed by atoms with Crippen molar-refractivity contribution in [2.75, 3.05) is 27.2 Å². The van der Waals surface area contributed by atoms with Crippen LogP contribution in [0, 0.1) is 18.3 Å². The van der Waals surface area contributed by atoms with Crippen LogP contribution in [0.5, 0.6) is 0 Å². The minimum atomic E-state index is -0.247. The highest BCUT2D eigenvalue weighted by Gasteiger charge is 2.31. The molecular formula is C23H27N3O. The number of aryl methyl sites for hydroxylation is 1. The fraction of sp³-hybridized carbons (Fsp3) is 0.391. The van der Waals surface area contributed by atoms with Crippen molar-refractivity contribution in [3.05, 3.63) is 70.8 Å². The number of carbonyl (C=O) groups is 1. The van der Waals surface area contributed by atoms with Gasteiger partial charge in [0.2, 0.25) is 5.91 Å². The van der Waals surface area contributed by atoms with Crippen molar-refractivity contribution in [3.8, 4) is 6.07 Å². The molecule has 4 heteroatoms. The summed E-state index contributed by atoms with van der Waals surface area (Å²) in [5.41, 5.74) is 4.14. The molecule has 1 amide bonds. The van der Waals surface area contributed by atoms with E-state index in [0.717, 1.165) is 31.5 Å². The van der Waals surface area contributed by atoms with Crippen molar-refractivity contribution in [3.63, 3.8) is 0 Å². The fourth-order valence-corrected chi connectivity index (χ4v) is 3.97. The van der Waals surface area contributed by atoms with Crippen LogP contribution in [-0.2, 0) is 4.79 Å². The second-order valence-corrected chi connectivity index (χ2v) is 7.62. The Hall–Kier alpha value is -2.64. The molecule has 2 aromatic carbocycles. The van der Waals surface area contributed by atoms with Crippen LogP contribution in [0.3, 0.4) is 0 Å². The van der Waals surface area contributed by atoms with Crippen molar-refractivity contribution in [2.24, 2.45) is 0 Å². The first kappa shape index (κ1) is 19.1. The average molecular weight is 361 g/mol. The third-order valence-corrected chi connectivity index (χ3v) is 5.40. The van der Waals surface area contributed by atoms with Crippen LogP contribution in [0.4, 0.5) is 0 Å². The number of likely N-dealkylation sites (tertiary alicyclic amines) is 1. The van der Waals surface area contributed by atoms with Crippen LogP contribution in [-0.4, -0.2) is 42.9 Å². The zero-order chi connectivity index (χ0) is 19.4. The first-order valence-corrected chi connectivity index (χ1v) is 9.51. The highest BCUT2D eigenvalue weighted by Crippen LogP contribution is 2.31. The SMILES string of the molecule is Cc1cccc(C(C(=O)N2CCC(c3cccc(C#N)c3)CC2)N(C)C)c1. The Balaban J connectivity index is 1.70. The van der Waals surface area contributed by atoms with Gasteiger partial charge in [-0.1, -0.05) is 42.0 Å². The molecule has 4 nitrogen and oxygen atoms in total. The van der Waals surface area contributed by atoms with Gasteiger partial charge in [-0.05, 0) is 63.0 Å². The van der Waals surface area contributed by atoms with Crippen LogP contribution in [0.1, 0.15) is 47.1 Å². The van der Waals surface area contributed by atoms with Gasteiger partial charge in [0.1, 0.15) is 6.04 Å². The van der Waals surface area contributed by atoms with Crippen molar-refractivity contribution in [1.82, 2.24) is 9.80 Å². The molecule has 140 valence electrons. The summed E-state index contributed by atoms with van der Waals surface area (Å²) in [6.07, 6.45) is 1.88. The van der Waals surface area contributed by atoms with Gasteiger partial charge in [0.05, 0.1) is 11.6 Å². The molecular weight excluding hydrogens is 334 g/mol. The maximum atomic E-state index is 13.2. The lowest BCUT2D eigenvalue weighted by molar-refractivity contribution is -0.137. The number of nitrogens with zero attached hydrogens (tertiary/aromatic N) is 3.